The van der Waals surface area contributed by atoms with Gasteiger partial charge >= 0.3 is 0 Å². The number of likely N-dealkylation sites (tertiary alicyclic amines) is 1. The van der Waals surface area contributed by atoms with Crippen LogP contribution in [0.5, 0.6) is 0 Å². The van der Waals surface area contributed by atoms with E-state index in [4.69, 9.17) is 0 Å². The molecule has 1 amide bonds. The first-order chi connectivity index (χ1) is 10.2. The number of hydrogen-bond donors (Lipinski definition) is 1. The minimum atomic E-state index is -0.101. The Morgan fingerprint density at radius 1 is 1.38 bits per heavy atom. The molecular weight excluding hydrogens is 300 g/mol. The smallest absolute Gasteiger partial charge is 0.239 e. The van der Waals surface area contributed by atoms with Gasteiger partial charge < -0.3 is 10.2 Å². The molecular formula is C16H20N2OS2. The molecule has 2 aromatic heterocycles. The van der Waals surface area contributed by atoms with Crippen LogP contribution in [0, 0.1) is 0 Å². The van der Waals surface area contributed by atoms with Crippen LogP contribution in [0.25, 0.3) is 10.4 Å². The highest BCUT2D eigenvalue weighted by molar-refractivity contribution is 7.14. The van der Waals surface area contributed by atoms with Gasteiger partial charge in [0.1, 0.15) is 0 Å². The number of amides is 1. The van der Waals surface area contributed by atoms with E-state index < -0.39 is 0 Å². The number of rotatable bonds is 5. The van der Waals surface area contributed by atoms with Crippen molar-refractivity contribution in [3.05, 3.63) is 33.8 Å². The number of hydrogen-bond acceptors (Lipinski definition) is 4. The van der Waals surface area contributed by atoms with E-state index in [0.717, 1.165) is 32.5 Å². The summed E-state index contributed by atoms with van der Waals surface area (Å²) in [5.74, 6) is 0.238. The van der Waals surface area contributed by atoms with Crippen molar-refractivity contribution in [1.29, 1.82) is 0 Å². The Balaban J connectivity index is 1.54. The van der Waals surface area contributed by atoms with Crippen LogP contribution in [0.4, 0.5) is 0 Å². The third-order valence-corrected chi connectivity index (χ3v) is 5.69. The maximum atomic E-state index is 12.2. The predicted molar refractivity (Wildman–Crippen MR) is 89.7 cm³/mol. The van der Waals surface area contributed by atoms with E-state index in [1.807, 2.05) is 11.8 Å². The molecule has 1 saturated heterocycles. The number of carbonyl (C=O) groups excluding carboxylic acids is 1. The zero-order valence-corrected chi connectivity index (χ0v) is 13.8. The van der Waals surface area contributed by atoms with Gasteiger partial charge in [-0.1, -0.05) is 6.07 Å². The molecule has 0 saturated carbocycles. The molecule has 1 atom stereocenters. The summed E-state index contributed by atoms with van der Waals surface area (Å²) in [6, 6.07) is 6.34. The summed E-state index contributed by atoms with van der Waals surface area (Å²) in [6.45, 7) is 4.57. The van der Waals surface area contributed by atoms with Crippen LogP contribution in [-0.2, 0) is 11.3 Å². The molecule has 0 radical (unpaired) electrons. The SMILES string of the molecule is CC(NCc1cc(-c2cccs2)cs1)C(=O)N1CCCC1. The van der Waals surface area contributed by atoms with E-state index in [1.54, 1.807) is 22.7 Å². The first kappa shape index (κ1) is 14.8. The number of nitrogens with one attached hydrogen (secondary N) is 1. The molecule has 1 aliphatic heterocycles. The molecule has 112 valence electrons. The van der Waals surface area contributed by atoms with Gasteiger partial charge in [-0.3, -0.25) is 4.79 Å². The lowest BCUT2D eigenvalue weighted by Gasteiger charge is -2.20. The summed E-state index contributed by atoms with van der Waals surface area (Å²) in [7, 11) is 0. The minimum Gasteiger partial charge on any atom is -0.341 e. The van der Waals surface area contributed by atoms with Crippen molar-refractivity contribution in [2.45, 2.75) is 32.4 Å². The summed E-state index contributed by atoms with van der Waals surface area (Å²) < 4.78 is 0. The fourth-order valence-electron chi connectivity index (χ4n) is 2.60. The minimum absolute atomic E-state index is 0.101. The molecule has 0 aliphatic carbocycles. The van der Waals surface area contributed by atoms with Crippen molar-refractivity contribution in [3.8, 4) is 10.4 Å². The molecule has 0 bridgehead atoms. The van der Waals surface area contributed by atoms with E-state index in [0.29, 0.717) is 0 Å². The summed E-state index contributed by atoms with van der Waals surface area (Å²) >= 11 is 3.51. The normalized spacial score (nSPS) is 16.3. The molecule has 3 rings (SSSR count). The first-order valence-corrected chi connectivity index (χ1v) is 9.13. The Labute approximate surface area is 133 Å². The zero-order chi connectivity index (χ0) is 14.7. The zero-order valence-electron chi connectivity index (χ0n) is 12.2. The quantitative estimate of drug-likeness (QED) is 0.913. The topological polar surface area (TPSA) is 32.3 Å². The molecule has 3 heterocycles. The Morgan fingerprint density at radius 3 is 2.90 bits per heavy atom. The summed E-state index contributed by atoms with van der Waals surface area (Å²) in [5, 5.41) is 7.65. The van der Waals surface area contributed by atoms with Crippen LogP contribution in [0.3, 0.4) is 0 Å². The second-order valence-electron chi connectivity index (χ2n) is 5.41. The largest absolute Gasteiger partial charge is 0.341 e. The third-order valence-electron chi connectivity index (χ3n) is 3.83. The Kier molecular flexibility index (Phi) is 4.73. The molecule has 1 fully saturated rings. The lowest BCUT2D eigenvalue weighted by atomic mass is 10.2. The molecule has 0 spiro atoms. The number of carbonyl (C=O) groups is 1. The standard InChI is InChI=1S/C16H20N2OS2/c1-12(16(19)18-6-2-3-7-18)17-10-14-9-13(11-21-14)15-5-4-8-20-15/h4-5,8-9,11-12,17H,2-3,6-7,10H2,1H3. The summed E-state index contributed by atoms with van der Waals surface area (Å²) in [5.41, 5.74) is 1.28. The highest BCUT2D eigenvalue weighted by atomic mass is 32.1. The molecule has 0 aromatic carbocycles. The van der Waals surface area contributed by atoms with E-state index >= 15 is 0 Å². The van der Waals surface area contributed by atoms with Crippen molar-refractivity contribution in [2.24, 2.45) is 0 Å². The summed E-state index contributed by atoms with van der Waals surface area (Å²) in [6.07, 6.45) is 2.29. The Morgan fingerprint density at radius 2 is 2.19 bits per heavy atom. The average Bonchev–Trinajstić information content (AvgIpc) is 3.25. The second kappa shape index (κ2) is 6.73. The molecule has 1 aliphatic rings. The van der Waals surface area contributed by atoms with Crippen LogP contribution in [0.15, 0.2) is 29.0 Å². The lowest BCUT2D eigenvalue weighted by Crippen LogP contribution is -2.43. The molecule has 21 heavy (non-hydrogen) atoms. The Hall–Kier alpha value is -1.17. The van der Waals surface area contributed by atoms with Crippen molar-refractivity contribution < 1.29 is 4.79 Å². The lowest BCUT2D eigenvalue weighted by molar-refractivity contribution is -0.131. The van der Waals surface area contributed by atoms with Crippen molar-refractivity contribution in [2.75, 3.05) is 13.1 Å². The van der Waals surface area contributed by atoms with Gasteiger partial charge in [-0.15, -0.1) is 22.7 Å². The average molecular weight is 320 g/mol. The van der Waals surface area contributed by atoms with Crippen LogP contribution in [-0.4, -0.2) is 29.9 Å². The third kappa shape index (κ3) is 3.54. The Bertz CT molecular complexity index is 585. The van der Waals surface area contributed by atoms with Crippen molar-refractivity contribution >= 4 is 28.6 Å². The summed E-state index contributed by atoms with van der Waals surface area (Å²) in [4.78, 5) is 16.8. The van der Waals surface area contributed by atoms with Crippen LogP contribution < -0.4 is 5.32 Å². The molecule has 1 unspecified atom stereocenters. The van der Waals surface area contributed by atoms with Crippen molar-refractivity contribution in [3.63, 3.8) is 0 Å². The predicted octanol–water partition coefficient (Wildman–Crippen LogP) is 3.58. The molecule has 1 N–H and O–H groups in total. The van der Waals surface area contributed by atoms with Gasteiger partial charge in [0.2, 0.25) is 5.91 Å². The molecule has 3 nitrogen and oxygen atoms in total. The highest BCUT2D eigenvalue weighted by Crippen LogP contribution is 2.29. The van der Waals surface area contributed by atoms with Gasteiger partial charge in [-0.05, 0) is 42.7 Å². The number of thiophene rings is 2. The molecule has 2 aromatic rings. The van der Waals surface area contributed by atoms with Crippen LogP contribution in [0.2, 0.25) is 0 Å². The molecule has 5 heteroatoms. The van der Waals surface area contributed by atoms with Gasteiger partial charge in [0.15, 0.2) is 0 Å². The monoisotopic (exact) mass is 320 g/mol. The number of nitrogens with zero attached hydrogens (tertiary/aromatic N) is 1. The fraction of sp³-hybridized carbons (Fsp3) is 0.438. The van der Waals surface area contributed by atoms with E-state index in [-0.39, 0.29) is 11.9 Å². The van der Waals surface area contributed by atoms with Crippen LogP contribution >= 0.6 is 22.7 Å². The maximum Gasteiger partial charge on any atom is 0.239 e. The van der Waals surface area contributed by atoms with E-state index in [1.165, 1.54) is 15.3 Å². The van der Waals surface area contributed by atoms with Gasteiger partial charge in [-0.25, -0.2) is 0 Å². The van der Waals surface area contributed by atoms with E-state index in [9.17, 15) is 4.79 Å². The second-order valence-corrected chi connectivity index (χ2v) is 7.36. The maximum absolute atomic E-state index is 12.2. The highest BCUT2D eigenvalue weighted by Gasteiger charge is 2.22. The van der Waals surface area contributed by atoms with Crippen LogP contribution in [0.1, 0.15) is 24.6 Å². The van der Waals surface area contributed by atoms with Gasteiger partial charge in [-0.2, -0.15) is 0 Å². The first-order valence-electron chi connectivity index (χ1n) is 7.37. The van der Waals surface area contributed by atoms with Crippen molar-refractivity contribution in [1.82, 2.24) is 10.2 Å². The van der Waals surface area contributed by atoms with Gasteiger partial charge in [0, 0.05) is 35.0 Å². The fourth-order valence-corrected chi connectivity index (χ4v) is 4.22. The van der Waals surface area contributed by atoms with Gasteiger partial charge in [0.05, 0.1) is 6.04 Å². The van der Waals surface area contributed by atoms with E-state index in [2.05, 4.69) is 34.3 Å². The van der Waals surface area contributed by atoms with Gasteiger partial charge in [0.25, 0.3) is 0 Å².